The third-order valence-electron chi connectivity index (χ3n) is 2.61. The molecule has 2 rings (SSSR count). The summed E-state index contributed by atoms with van der Waals surface area (Å²) in [5.41, 5.74) is 3.50. The normalized spacial score (nSPS) is 11.2. The van der Waals surface area contributed by atoms with Crippen LogP contribution in [0, 0.1) is 11.6 Å². The Morgan fingerprint density at radius 1 is 1.10 bits per heavy atom. The fraction of sp³-hybridized carbons (Fsp3) is 0.0714. The molecular formula is C14H11F2N3O. The summed E-state index contributed by atoms with van der Waals surface area (Å²) in [5.74, 6) is -2.30. The summed E-state index contributed by atoms with van der Waals surface area (Å²) in [6, 6.07) is 6.49. The number of carbonyl (C=O) groups excluding carboxylic acids is 1. The monoisotopic (exact) mass is 275 g/mol. The average molecular weight is 275 g/mol. The zero-order valence-corrected chi connectivity index (χ0v) is 10.6. The smallest absolute Gasteiger partial charge is 0.267 e. The van der Waals surface area contributed by atoms with Crippen LogP contribution in [-0.4, -0.2) is 16.6 Å². The van der Waals surface area contributed by atoms with Crippen LogP contribution in [0.4, 0.5) is 8.78 Å². The second-order valence-electron chi connectivity index (χ2n) is 4.00. The molecule has 102 valence electrons. The summed E-state index contributed by atoms with van der Waals surface area (Å²) >= 11 is 0. The zero-order valence-electron chi connectivity index (χ0n) is 10.6. The Labute approximate surface area is 114 Å². The highest BCUT2D eigenvalue weighted by Crippen LogP contribution is 2.09. The van der Waals surface area contributed by atoms with Crippen molar-refractivity contribution < 1.29 is 13.6 Å². The summed E-state index contributed by atoms with van der Waals surface area (Å²) in [6.45, 7) is 1.58. The quantitative estimate of drug-likeness (QED) is 0.691. The number of halogens is 2. The zero-order chi connectivity index (χ0) is 14.5. The molecule has 0 aliphatic rings. The van der Waals surface area contributed by atoms with E-state index < -0.39 is 17.5 Å². The number of rotatable bonds is 3. The van der Waals surface area contributed by atoms with Gasteiger partial charge in [-0.2, -0.15) is 5.10 Å². The van der Waals surface area contributed by atoms with Crippen LogP contribution < -0.4 is 5.43 Å². The van der Waals surface area contributed by atoms with E-state index in [0.29, 0.717) is 16.8 Å². The molecule has 0 radical (unpaired) electrons. The molecule has 0 unspecified atom stereocenters. The van der Waals surface area contributed by atoms with Gasteiger partial charge in [0.05, 0.1) is 5.71 Å². The van der Waals surface area contributed by atoms with Crippen LogP contribution in [0.5, 0.6) is 0 Å². The van der Waals surface area contributed by atoms with Crippen molar-refractivity contribution in [2.75, 3.05) is 0 Å². The van der Waals surface area contributed by atoms with Crippen molar-refractivity contribution in [3.05, 3.63) is 65.5 Å². The Bertz CT molecular complexity index is 657. The van der Waals surface area contributed by atoms with Crippen molar-refractivity contribution in [1.29, 1.82) is 0 Å². The highest BCUT2D eigenvalue weighted by Gasteiger charge is 2.06. The standard InChI is InChI=1S/C14H11F2N3O/c1-9(11-2-3-12(15)13(16)8-11)18-19-14(20)10-4-6-17-7-5-10/h2-8H,1H3,(H,19,20)/b18-9-. The van der Waals surface area contributed by atoms with Crippen molar-refractivity contribution in [3.8, 4) is 0 Å². The molecule has 0 saturated heterocycles. The molecule has 1 N–H and O–H groups in total. The van der Waals surface area contributed by atoms with E-state index in [0.717, 1.165) is 12.1 Å². The lowest BCUT2D eigenvalue weighted by Crippen LogP contribution is -2.19. The van der Waals surface area contributed by atoms with E-state index >= 15 is 0 Å². The fourth-order valence-corrected chi connectivity index (χ4v) is 1.49. The third kappa shape index (κ3) is 3.23. The summed E-state index contributed by atoms with van der Waals surface area (Å²) in [6.07, 6.45) is 2.97. The number of nitrogens with zero attached hydrogens (tertiary/aromatic N) is 2. The minimum Gasteiger partial charge on any atom is -0.267 e. The molecule has 0 spiro atoms. The van der Waals surface area contributed by atoms with Gasteiger partial charge < -0.3 is 0 Å². The predicted octanol–water partition coefficient (Wildman–Crippen LogP) is 2.51. The van der Waals surface area contributed by atoms with Gasteiger partial charge in [0.2, 0.25) is 0 Å². The number of benzene rings is 1. The first-order chi connectivity index (χ1) is 9.58. The Hall–Kier alpha value is -2.63. The van der Waals surface area contributed by atoms with Gasteiger partial charge in [-0.3, -0.25) is 9.78 Å². The van der Waals surface area contributed by atoms with Crippen molar-refractivity contribution in [2.24, 2.45) is 5.10 Å². The Morgan fingerprint density at radius 3 is 2.45 bits per heavy atom. The predicted molar refractivity (Wildman–Crippen MR) is 70.3 cm³/mol. The molecule has 0 bridgehead atoms. The molecule has 20 heavy (non-hydrogen) atoms. The summed E-state index contributed by atoms with van der Waals surface area (Å²) < 4.78 is 25.9. The summed E-state index contributed by atoms with van der Waals surface area (Å²) in [4.78, 5) is 15.5. The molecule has 2 aromatic rings. The van der Waals surface area contributed by atoms with Crippen LogP contribution in [0.1, 0.15) is 22.8 Å². The second-order valence-corrected chi connectivity index (χ2v) is 4.00. The minimum absolute atomic E-state index is 0.367. The lowest BCUT2D eigenvalue weighted by Gasteiger charge is -2.03. The summed E-state index contributed by atoms with van der Waals surface area (Å²) in [5, 5.41) is 3.85. The van der Waals surface area contributed by atoms with Crippen molar-refractivity contribution in [1.82, 2.24) is 10.4 Å². The van der Waals surface area contributed by atoms with Crippen LogP contribution in [0.2, 0.25) is 0 Å². The molecule has 1 amide bonds. The molecule has 6 heteroatoms. The molecule has 0 fully saturated rings. The summed E-state index contributed by atoms with van der Waals surface area (Å²) in [7, 11) is 0. The number of hydrogen-bond acceptors (Lipinski definition) is 3. The topological polar surface area (TPSA) is 54.4 Å². The molecule has 0 saturated carbocycles. The molecule has 1 heterocycles. The van der Waals surface area contributed by atoms with E-state index in [-0.39, 0.29) is 0 Å². The van der Waals surface area contributed by atoms with Gasteiger partial charge in [0.15, 0.2) is 11.6 Å². The van der Waals surface area contributed by atoms with Gasteiger partial charge in [-0.1, -0.05) is 0 Å². The van der Waals surface area contributed by atoms with Crippen molar-refractivity contribution in [2.45, 2.75) is 6.92 Å². The Morgan fingerprint density at radius 2 is 1.80 bits per heavy atom. The van der Waals surface area contributed by atoms with Gasteiger partial charge in [0.1, 0.15) is 0 Å². The fourth-order valence-electron chi connectivity index (χ4n) is 1.49. The van der Waals surface area contributed by atoms with Crippen molar-refractivity contribution in [3.63, 3.8) is 0 Å². The van der Waals surface area contributed by atoms with Crippen LogP contribution in [0.3, 0.4) is 0 Å². The molecular weight excluding hydrogens is 264 g/mol. The van der Waals surface area contributed by atoms with Crippen LogP contribution in [0.15, 0.2) is 47.8 Å². The number of hydrazone groups is 1. The molecule has 0 atom stereocenters. The van der Waals surface area contributed by atoms with Gasteiger partial charge in [0.25, 0.3) is 5.91 Å². The Balaban J connectivity index is 2.11. The van der Waals surface area contributed by atoms with Crippen LogP contribution in [0.25, 0.3) is 0 Å². The average Bonchev–Trinajstić information content (AvgIpc) is 2.48. The molecule has 0 aliphatic carbocycles. The number of nitrogens with one attached hydrogen (secondary N) is 1. The largest absolute Gasteiger partial charge is 0.271 e. The first kappa shape index (κ1) is 13.8. The molecule has 0 aliphatic heterocycles. The maximum Gasteiger partial charge on any atom is 0.271 e. The van der Waals surface area contributed by atoms with Gasteiger partial charge in [-0.25, -0.2) is 14.2 Å². The maximum atomic E-state index is 13.1. The SMILES string of the molecule is C/C(=N/NC(=O)c1ccncc1)c1ccc(F)c(F)c1. The van der Waals surface area contributed by atoms with E-state index in [2.05, 4.69) is 15.5 Å². The van der Waals surface area contributed by atoms with Gasteiger partial charge >= 0.3 is 0 Å². The van der Waals surface area contributed by atoms with E-state index in [1.807, 2.05) is 0 Å². The van der Waals surface area contributed by atoms with E-state index in [4.69, 9.17) is 0 Å². The molecule has 1 aromatic carbocycles. The number of pyridine rings is 1. The molecule has 1 aromatic heterocycles. The first-order valence-electron chi connectivity index (χ1n) is 5.78. The van der Waals surface area contributed by atoms with Gasteiger partial charge in [-0.05, 0) is 37.3 Å². The first-order valence-corrected chi connectivity index (χ1v) is 5.78. The Kier molecular flexibility index (Phi) is 4.14. The minimum atomic E-state index is -0.961. The van der Waals surface area contributed by atoms with Gasteiger partial charge in [0, 0.05) is 23.5 Å². The second kappa shape index (κ2) is 6.01. The van der Waals surface area contributed by atoms with Crippen LogP contribution in [-0.2, 0) is 0 Å². The lowest BCUT2D eigenvalue weighted by molar-refractivity contribution is 0.0954. The number of aromatic nitrogens is 1. The van der Waals surface area contributed by atoms with Crippen molar-refractivity contribution >= 4 is 11.6 Å². The lowest BCUT2D eigenvalue weighted by atomic mass is 10.1. The third-order valence-corrected chi connectivity index (χ3v) is 2.61. The highest BCUT2D eigenvalue weighted by molar-refractivity contribution is 6.00. The highest BCUT2D eigenvalue weighted by atomic mass is 19.2. The van der Waals surface area contributed by atoms with Gasteiger partial charge in [-0.15, -0.1) is 0 Å². The van der Waals surface area contributed by atoms with Crippen LogP contribution >= 0.6 is 0 Å². The number of carbonyl (C=O) groups is 1. The molecule has 4 nitrogen and oxygen atoms in total. The van der Waals surface area contributed by atoms with E-state index in [9.17, 15) is 13.6 Å². The number of hydrogen-bond donors (Lipinski definition) is 1. The van der Waals surface area contributed by atoms with E-state index in [1.165, 1.54) is 30.6 Å². The maximum absolute atomic E-state index is 13.1. The number of amides is 1. The van der Waals surface area contributed by atoms with E-state index in [1.54, 1.807) is 6.92 Å².